The predicted molar refractivity (Wildman–Crippen MR) is 83.5 cm³/mol. The van der Waals surface area contributed by atoms with Crippen molar-refractivity contribution in [3.63, 3.8) is 0 Å². The molecule has 1 atom stereocenters. The number of carboxylic acids is 1. The van der Waals surface area contributed by atoms with Gasteiger partial charge in [0.2, 0.25) is 0 Å². The minimum absolute atomic E-state index is 0.0403. The largest absolute Gasteiger partial charge is 0.481 e. The smallest absolute Gasteiger partial charge is 0.314 e. The van der Waals surface area contributed by atoms with Gasteiger partial charge in [0.05, 0.1) is 0 Å². The topological polar surface area (TPSA) is 94.8 Å². The summed E-state index contributed by atoms with van der Waals surface area (Å²) in [6.07, 6.45) is 9.05. The normalized spacial score (nSPS) is 21.0. The molecule has 1 fully saturated rings. The lowest BCUT2D eigenvalue weighted by Crippen LogP contribution is -2.41. The third-order valence-corrected chi connectivity index (χ3v) is 4.96. The summed E-state index contributed by atoms with van der Waals surface area (Å²) in [7, 11) is 0. The van der Waals surface area contributed by atoms with E-state index in [1.165, 1.54) is 6.42 Å². The van der Waals surface area contributed by atoms with Crippen LogP contribution in [0, 0.1) is 11.3 Å². The van der Waals surface area contributed by atoms with Crippen LogP contribution in [0.1, 0.15) is 70.6 Å². The fraction of sp³-hybridized carbons (Fsp3) is 0.882. The van der Waals surface area contributed by atoms with Gasteiger partial charge in [-0.05, 0) is 25.7 Å². The van der Waals surface area contributed by atoms with E-state index in [0.29, 0.717) is 19.3 Å². The number of carboxylic acid groups (broad SMARTS) is 1. The molecule has 0 spiro atoms. The maximum atomic E-state index is 12.9. The number of carbonyl (C=O) groups is 2. The average molecular weight is 314 g/mol. The SMILES string of the molecule is O=C(O)C(CCO)C(=O)C1(CCO)CCCCCCCCC1. The number of aliphatic hydroxyl groups excluding tert-OH is 2. The molecular formula is C17H30O5. The average Bonchev–Trinajstić information content (AvgIpc) is 2.50. The molecule has 5 nitrogen and oxygen atoms in total. The monoisotopic (exact) mass is 314 g/mol. The second kappa shape index (κ2) is 9.95. The van der Waals surface area contributed by atoms with E-state index in [-0.39, 0.29) is 25.4 Å². The Hall–Kier alpha value is -0.940. The summed E-state index contributed by atoms with van der Waals surface area (Å²) in [5, 5.41) is 27.8. The van der Waals surface area contributed by atoms with Gasteiger partial charge in [0, 0.05) is 18.6 Å². The van der Waals surface area contributed by atoms with Gasteiger partial charge in [0.15, 0.2) is 5.78 Å². The summed E-state index contributed by atoms with van der Waals surface area (Å²) in [5.41, 5.74) is -0.732. The second-order valence-electron chi connectivity index (χ2n) is 6.50. The van der Waals surface area contributed by atoms with E-state index in [2.05, 4.69) is 0 Å². The fourth-order valence-electron chi connectivity index (χ4n) is 3.63. The molecule has 1 rings (SSSR count). The van der Waals surface area contributed by atoms with Crippen LogP contribution in [0.5, 0.6) is 0 Å². The van der Waals surface area contributed by atoms with E-state index < -0.39 is 17.3 Å². The van der Waals surface area contributed by atoms with Gasteiger partial charge in [-0.1, -0.05) is 44.9 Å². The Labute approximate surface area is 132 Å². The summed E-state index contributed by atoms with van der Waals surface area (Å²) >= 11 is 0. The molecule has 3 N–H and O–H groups in total. The lowest BCUT2D eigenvalue weighted by Gasteiger charge is -2.35. The molecule has 1 aliphatic rings. The molecule has 1 aliphatic carbocycles. The molecule has 5 heteroatoms. The third-order valence-electron chi connectivity index (χ3n) is 4.96. The zero-order valence-electron chi connectivity index (χ0n) is 13.4. The van der Waals surface area contributed by atoms with E-state index >= 15 is 0 Å². The minimum Gasteiger partial charge on any atom is -0.481 e. The molecule has 1 unspecified atom stereocenters. The summed E-state index contributed by atoms with van der Waals surface area (Å²) in [4.78, 5) is 24.3. The molecule has 1 saturated carbocycles. The van der Waals surface area contributed by atoms with Crippen molar-refractivity contribution in [1.82, 2.24) is 0 Å². The molecule has 0 heterocycles. The van der Waals surface area contributed by atoms with Crippen LogP contribution in [0.15, 0.2) is 0 Å². The van der Waals surface area contributed by atoms with Gasteiger partial charge in [0.1, 0.15) is 5.92 Å². The molecule has 128 valence electrons. The number of Topliss-reactive ketones (excluding diaryl/α,β-unsaturated/α-hetero) is 1. The molecule has 0 saturated heterocycles. The molecular weight excluding hydrogens is 284 g/mol. The van der Waals surface area contributed by atoms with Crippen molar-refractivity contribution >= 4 is 11.8 Å². The van der Waals surface area contributed by atoms with Crippen molar-refractivity contribution in [2.75, 3.05) is 13.2 Å². The predicted octanol–water partition coefficient (Wildman–Crippen LogP) is 2.53. The van der Waals surface area contributed by atoms with Crippen molar-refractivity contribution in [2.45, 2.75) is 70.6 Å². The first-order chi connectivity index (χ1) is 10.6. The third kappa shape index (κ3) is 5.36. The molecule has 0 aromatic carbocycles. The summed E-state index contributed by atoms with van der Waals surface area (Å²) in [6.45, 7) is -0.408. The van der Waals surface area contributed by atoms with E-state index in [9.17, 15) is 19.8 Å². The minimum atomic E-state index is -1.16. The van der Waals surface area contributed by atoms with Gasteiger partial charge < -0.3 is 15.3 Å². The number of rotatable bonds is 7. The van der Waals surface area contributed by atoms with Crippen molar-refractivity contribution in [2.24, 2.45) is 11.3 Å². The van der Waals surface area contributed by atoms with Crippen LogP contribution in [-0.4, -0.2) is 40.3 Å². The maximum absolute atomic E-state index is 12.9. The van der Waals surface area contributed by atoms with E-state index in [1.54, 1.807) is 0 Å². The number of aliphatic hydroxyl groups is 2. The summed E-state index contributed by atoms with van der Waals surface area (Å²) in [6, 6.07) is 0. The molecule has 0 bridgehead atoms. The highest BCUT2D eigenvalue weighted by Crippen LogP contribution is 2.40. The number of ketones is 1. The Morgan fingerprint density at radius 2 is 1.36 bits per heavy atom. The maximum Gasteiger partial charge on any atom is 0.314 e. The highest BCUT2D eigenvalue weighted by atomic mass is 16.4. The number of hydrogen-bond acceptors (Lipinski definition) is 4. The van der Waals surface area contributed by atoms with Gasteiger partial charge in [-0.15, -0.1) is 0 Å². The number of aliphatic carboxylic acids is 1. The molecule has 0 radical (unpaired) electrons. The van der Waals surface area contributed by atoms with Gasteiger partial charge >= 0.3 is 5.97 Å². The Balaban J connectivity index is 2.96. The second-order valence-corrected chi connectivity index (χ2v) is 6.50. The first kappa shape index (κ1) is 19.1. The molecule has 0 aliphatic heterocycles. The zero-order valence-corrected chi connectivity index (χ0v) is 13.4. The Bertz CT molecular complexity index is 343. The lowest BCUT2D eigenvalue weighted by atomic mass is 9.68. The highest BCUT2D eigenvalue weighted by Gasteiger charge is 2.42. The van der Waals surface area contributed by atoms with Crippen molar-refractivity contribution in [1.29, 1.82) is 0 Å². The van der Waals surface area contributed by atoms with Gasteiger partial charge in [-0.3, -0.25) is 9.59 Å². The van der Waals surface area contributed by atoms with Gasteiger partial charge in [-0.2, -0.15) is 0 Å². The van der Waals surface area contributed by atoms with E-state index in [1.807, 2.05) is 0 Å². The van der Waals surface area contributed by atoms with Crippen LogP contribution in [0.4, 0.5) is 0 Å². The highest BCUT2D eigenvalue weighted by molar-refractivity contribution is 6.01. The summed E-state index contributed by atoms with van der Waals surface area (Å²) in [5.74, 6) is -2.60. The first-order valence-electron chi connectivity index (χ1n) is 8.56. The quantitative estimate of drug-likeness (QED) is 0.628. The zero-order chi connectivity index (χ0) is 16.4. The van der Waals surface area contributed by atoms with Crippen LogP contribution in [-0.2, 0) is 9.59 Å². The lowest BCUT2D eigenvalue weighted by molar-refractivity contribution is -0.151. The fourth-order valence-corrected chi connectivity index (χ4v) is 3.63. The molecule has 0 aromatic rings. The van der Waals surface area contributed by atoms with E-state index in [0.717, 1.165) is 38.5 Å². The van der Waals surface area contributed by atoms with Crippen LogP contribution >= 0.6 is 0 Å². The van der Waals surface area contributed by atoms with Crippen LogP contribution in [0.25, 0.3) is 0 Å². The number of carbonyl (C=O) groups excluding carboxylic acids is 1. The number of hydrogen-bond donors (Lipinski definition) is 3. The molecule has 0 amide bonds. The van der Waals surface area contributed by atoms with Crippen molar-refractivity contribution < 1.29 is 24.9 Å². The van der Waals surface area contributed by atoms with Crippen LogP contribution in [0.3, 0.4) is 0 Å². The van der Waals surface area contributed by atoms with Gasteiger partial charge in [-0.25, -0.2) is 0 Å². The Kier molecular flexibility index (Phi) is 8.64. The first-order valence-corrected chi connectivity index (χ1v) is 8.56. The van der Waals surface area contributed by atoms with Crippen molar-refractivity contribution in [3.05, 3.63) is 0 Å². The Morgan fingerprint density at radius 3 is 1.77 bits per heavy atom. The molecule has 0 aromatic heterocycles. The van der Waals surface area contributed by atoms with Crippen LogP contribution in [0.2, 0.25) is 0 Å². The summed E-state index contributed by atoms with van der Waals surface area (Å²) < 4.78 is 0. The van der Waals surface area contributed by atoms with Crippen molar-refractivity contribution in [3.8, 4) is 0 Å². The standard InChI is InChI=1S/C17H30O5/c18-12-8-14(16(21)22)15(20)17(11-13-19)9-6-4-2-1-3-5-7-10-17/h14,18-19H,1-13H2,(H,21,22). The molecule has 22 heavy (non-hydrogen) atoms. The van der Waals surface area contributed by atoms with E-state index in [4.69, 9.17) is 5.11 Å². The Morgan fingerprint density at radius 1 is 0.864 bits per heavy atom. The van der Waals surface area contributed by atoms with Gasteiger partial charge in [0.25, 0.3) is 0 Å². The van der Waals surface area contributed by atoms with Crippen LogP contribution < -0.4 is 0 Å².